The lowest BCUT2D eigenvalue weighted by molar-refractivity contribution is 0.0785. The van der Waals surface area contributed by atoms with Crippen LogP contribution in [0, 0.1) is 0 Å². The van der Waals surface area contributed by atoms with E-state index in [0.717, 1.165) is 25.9 Å². The zero-order chi connectivity index (χ0) is 15.8. The lowest BCUT2D eigenvalue weighted by atomic mass is 10.3. The smallest absolute Gasteiger partial charge is 0.273 e. The molecule has 1 amide bonds. The Labute approximate surface area is 132 Å². The Morgan fingerprint density at radius 3 is 2.62 bits per heavy atom. The molecule has 1 aromatic rings. The first-order valence-electron chi connectivity index (χ1n) is 7.26. The Morgan fingerprint density at radius 1 is 1.29 bits per heavy atom. The number of carbonyl (C=O) groups is 1. The molecule has 0 atom stereocenters. The number of hydrogen-bond acceptors (Lipinski definition) is 4. The van der Waals surface area contributed by atoms with Gasteiger partial charge in [0.1, 0.15) is 11.5 Å². The number of halogens is 1. The minimum absolute atomic E-state index is 0.140. The zero-order valence-electron chi connectivity index (χ0n) is 13.3. The van der Waals surface area contributed by atoms with E-state index in [0.29, 0.717) is 23.1 Å². The first kappa shape index (κ1) is 17.7. The summed E-state index contributed by atoms with van der Waals surface area (Å²) in [6.07, 6.45) is 1.92. The number of hydrogen-bond donors (Lipinski definition) is 1. The molecule has 118 valence electrons. The van der Waals surface area contributed by atoms with Crippen LogP contribution < -0.4 is 5.32 Å². The molecule has 0 radical (unpaired) electrons. The standard InChI is InChI=1S/C15H25ClN4O/c1-5-9-17-13-8-7-12(16)14(18-13)15(21)20(4)11-6-10-19(2)3/h7-8H,5-6,9-11H2,1-4H3,(H,17,18). The first-order valence-corrected chi connectivity index (χ1v) is 7.64. The Kier molecular flexibility index (Phi) is 7.47. The van der Waals surface area contributed by atoms with Crippen molar-refractivity contribution in [1.82, 2.24) is 14.8 Å². The van der Waals surface area contributed by atoms with Crippen LogP contribution in [-0.4, -0.2) is 61.5 Å². The van der Waals surface area contributed by atoms with Crippen LogP contribution in [0.2, 0.25) is 5.02 Å². The minimum Gasteiger partial charge on any atom is -0.370 e. The Hall–Kier alpha value is -1.33. The molecule has 21 heavy (non-hydrogen) atoms. The van der Waals surface area contributed by atoms with E-state index in [1.54, 1.807) is 24.1 Å². The van der Waals surface area contributed by atoms with Gasteiger partial charge in [-0.05, 0) is 45.6 Å². The summed E-state index contributed by atoms with van der Waals surface area (Å²) in [6.45, 7) is 4.52. The first-order chi connectivity index (χ1) is 9.95. The molecular weight excluding hydrogens is 288 g/mol. The highest BCUT2D eigenvalue weighted by molar-refractivity contribution is 6.33. The van der Waals surface area contributed by atoms with E-state index >= 15 is 0 Å². The maximum Gasteiger partial charge on any atom is 0.273 e. The quantitative estimate of drug-likeness (QED) is 0.801. The van der Waals surface area contributed by atoms with E-state index in [1.807, 2.05) is 14.1 Å². The second-order valence-corrected chi connectivity index (χ2v) is 5.74. The number of nitrogens with one attached hydrogen (secondary N) is 1. The molecule has 0 aliphatic rings. The normalized spacial score (nSPS) is 10.8. The van der Waals surface area contributed by atoms with E-state index in [-0.39, 0.29) is 5.91 Å². The Balaban J connectivity index is 2.71. The van der Waals surface area contributed by atoms with Gasteiger partial charge in [0.2, 0.25) is 0 Å². The third-order valence-corrected chi connectivity index (χ3v) is 3.36. The van der Waals surface area contributed by atoms with Crippen molar-refractivity contribution in [2.45, 2.75) is 19.8 Å². The number of aromatic nitrogens is 1. The fourth-order valence-corrected chi connectivity index (χ4v) is 2.04. The number of carbonyl (C=O) groups excluding carboxylic acids is 1. The van der Waals surface area contributed by atoms with Gasteiger partial charge in [-0.2, -0.15) is 0 Å². The van der Waals surface area contributed by atoms with Crippen LogP contribution in [-0.2, 0) is 0 Å². The predicted molar refractivity (Wildman–Crippen MR) is 88.2 cm³/mol. The van der Waals surface area contributed by atoms with E-state index in [1.165, 1.54) is 0 Å². The van der Waals surface area contributed by atoms with E-state index in [4.69, 9.17) is 11.6 Å². The minimum atomic E-state index is -0.140. The average Bonchev–Trinajstić information content (AvgIpc) is 2.45. The van der Waals surface area contributed by atoms with Gasteiger partial charge in [0.25, 0.3) is 5.91 Å². The van der Waals surface area contributed by atoms with Gasteiger partial charge in [0, 0.05) is 20.1 Å². The number of rotatable bonds is 8. The predicted octanol–water partition coefficient (Wildman–Crippen LogP) is 2.58. The average molecular weight is 313 g/mol. The molecule has 0 aliphatic heterocycles. The number of pyridine rings is 1. The van der Waals surface area contributed by atoms with E-state index in [9.17, 15) is 4.79 Å². The summed E-state index contributed by atoms with van der Waals surface area (Å²) in [5.74, 6) is 0.546. The largest absolute Gasteiger partial charge is 0.370 e. The molecule has 1 N–H and O–H groups in total. The molecule has 0 saturated heterocycles. The van der Waals surface area contributed by atoms with Crippen LogP contribution in [0.4, 0.5) is 5.82 Å². The van der Waals surface area contributed by atoms with Gasteiger partial charge >= 0.3 is 0 Å². The maximum absolute atomic E-state index is 12.4. The van der Waals surface area contributed by atoms with Gasteiger partial charge in [0.15, 0.2) is 0 Å². The SMILES string of the molecule is CCCNc1ccc(Cl)c(C(=O)N(C)CCCN(C)C)n1. The molecule has 0 aromatic carbocycles. The van der Waals surface area contributed by atoms with Crippen LogP contribution in [0.3, 0.4) is 0 Å². The highest BCUT2D eigenvalue weighted by Gasteiger charge is 2.17. The van der Waals surface area contributed by atoms with E-state index < -0.39 is 0 Å². The summed E-state index contributed by atoms with van der Waals surface area (Å²) in [6, 6.07) is 3.51. The van der Waals surface area contributed by atoms with Crippen molar-refractivity contribution in [3.8, 4) is 0 Å². The summed E-state index contributed by atoms with van der Waals surface area (Å²) < 4.78 is 0. The van der Waals surface area contributed by atoms with Crippen molar-refractivity contribution < 1.29 is 4.79 Å². The molecule has 0 saturated carbocycles. The number of anilines is 1. The molecule has 1 rings (SSSR count). The molecule has 1 aromatic heterocycles. The molecule has 0 aliphatic carbocycles. The molecular formula is C15H25ClN4O. The molecule has 0 spiro atoms. The molecule has 6 heteroatoms. The fourth-order valence-electron chi connectivity index (χ4n) is 1.85. The van der Waals surface area contributed by atoms with Crippen LogP contribution in [0.15, 0.2) is 12.1 Å². The second kappa shape index (κ2) is 8.85. The third kappa shape index (κ3) is 5.89. The maximum atomic E-state index is 12.4. The van der Waals surface area contributed by atoms with Gasteiger partial charge in [-0.3, -0.25) is 4.79 Å². The second-order valence-electron chi connectivity index (χ2n) is 5.34. The highest BCUT2D eigenvalue weighted by Crippen LogP contribution is 2.18. The molecule has 5 nitrogen and oxygen atoms in total. The number of nitrogens with zero attached hydrogens (tertiary/aromatic N) is 3. The van der Waals surface area contributed by atoms with Crippen molar-refractivity contribution in [1.29, 1.82) is 0 Å². The van der Waals surface area contributed by atoms with Gasteiger partial charge in [0.05, 0.1) is 5.02 Å². The zero-order valence-corrected chi connectivity index (χ0v) is 14.1. The lowest BCUT2D eigenvalue weighted by Gasteiger charge is -2.19. The Morgan fingerprint density at radius 2 is 2.00 bits per heavy atom. The summed E-state index contributed by atoms with van der Waals surface area (Å²) in [5.41, 5.74) is 0.310. The molecule has 0 unspecified atom stereocenters. The molecule has 0 bridgehead atoms. The van der Waals surface area contributed by atoms with Gasteiger partial charge in [-0.15, -0.1) is 0 Å². The van der Waals surface area contributed by atoms with Crippen LogP contribution in [0.5, 0.6) is 0 Å². The summed E-state index contributed by atoms with van der Waals surface area (Å²) in [5, 5.41) is 3.56. The lowest BCUT2D eigenvalue weighted by Crippen LogP contribution is -2.30. The monoisotopic (exact) mass is 312 g/mol. The summed E-state index contributed by atoms with van der Waals surface area (Å²) in [4.78, 5) is 20.5. The van der Waals surface area contributed by atoms with Gasteiger partial charge < -0.3 is 15.1 Å². The van der Waals surface area contributed by atoms with Crippen LogP contribution in [0.25, 0.3) is 0 Å². The topological polar surface area (TPSA) is 48.5 Å². The van der Waals surface area contributed by atoms with Crippen LogP contribution in [0.1, 0.15) is 30.3 Å². The van der Waals surface area contributed by atoms with Crippen molar-refractivity contribution in [2.75, 3.05) is 46.1 Å². The summed E-state index contributed by atoms with van der Waals surface area (Å²) in [7, 11) is 5.81. The van der Waals surface area contributed by atoms with Crippen LogP contribution >= 0.6 is 11.6 Å². The molecule has 0 fully saturated rings. The van der Waals surface area contributed by atoms with Gasteiger partial charge in [-0.25, -0.2) is 4.98 Å². The van der Waals surface area contributed by atoms with Crippen molar-refractivity contribution in [3.05, 3.63) is 22.8 Å². The summed E-state index contributed by atoms with van der Waals surface area (Å²) >= 11 is 6.11. The van der Waals surface area contributed by atoms with Crippen molar-refractivity contribution in [2.24, 2.45) is 0 Å². The van der Waals surface area contributed by atoms with Gasteiger partial charge in [-0.1, -0.05) is 18.5 Å². The number of amides is 1. The van der Waals surface area contributed by atoms with Crippen molar-refractivity contribution >= 4 is 23.3 Å². The fraction of sp³-hybridized carbons (Fsp3) is 0.600. The third-order valence-electron chi connectivity index (χ3n) is 3.05. The highest BCUT2D eigenvalue weighted by atomic mass is 35.5. The van der Waals surface area contributed by atoms with E-state index in [2.05, 4.69) is 22.1 Å². The van der Waals surface area contributed by atoms with Crippen molar-refractivity contribution in [3.63, 3.8) is 0 Å². The molecule has 1 heterocycles. The Bertz CT molecular complexity index is 465.